The van der Waals surface area contributed by atoms with Gasteiger partial charge in [0.15, 0.2) is 0 Å². The molecule has 0 atom stereocenters. The van der Waals surface area contributed by atoms with Crippen LogP contribution in [0.15, 0.2) is 72.7 Å². The number of rotatable bonds is 4. The molecule has 0 aliphatic rings. The average molecular weight is 370 g/mol. The van der Waals surface area contributed by atoms with Crippen molar-refractivity contribution in [2.75, 3.05) is 0 Å². The molecule has 0 amide bonds. The largest absolute Gasteiger partial charge is 0.428 e. The molecule has 26 heavy (non-hydrogen) atoms. The molecule has 2 aromatic carbocycles. The summed E-state index contributed by atoms with van der Waals surface area (Å²) in [7, 11) is 0. The first-order valence-corrected chi connectivity index (χ1v) is 6.84. The number of benzene rings is 2. The monoisotopic (exact) mass is 370 g/mol. The summed E-state index contributed by atoms with van der Waals surface area (Å²) in [5.41, 5.74) is 0.965. The average Bonchev–Trinajstić information content (AvgIpc) is 2.62. The van der Waals surface area contributed by atoms with Crippen LogP contribution >= 0.6 is 0 Å². The molecule has 0 fully saturated rings. The molecular formula is C18H8F6O2. The van der Waals surface area contributed by atoms with E-state index in [4.69, 9.17) is 0 Å². The van der Waals surface area contributed by atoms with Crippen LogP contribution in [-0.2, 0) is 0 Å². The van der Waals surface area contributed by atoms with Gasteiger partial charge in [0, 0.05) is 11.1 Å². The van der Waals surface area contributed by atoms with Gasteiger partial charge in [-0.1, -0.05) is 11.8 Å². The van der Waals surface area contributed by atoms with Crippen molar-refractivity contribution < 1.29 is 35.8 Å². The van der Waals surface area contributed by atoms with E-state index in [-0.39, 0.29) is 11.5 Å². The summed E-state index contributed by atoms with van der Waals surface area (Å²) < 4.78 is 81.5. The van der Waals surface area contributed by atoms with Crippen molar-refractivity contribution in [3.63, 3.8) is 0 Å². The Kier molecular flexibility index (Phi) is 6.33. The van der Waals surface area contributed by atoms with E-state index in [9.17, 15) is 26.3 Å². The first kappa shape index (κ1) is 19.0. The Morgan fingerprint density at radius 3 is 1.12 bits per heavy atom. The van der Waals surface area contributed by atoms with Crippen molar-refractivity contribution in [1.82, 2.24) is 0 Å². The van der Waals surface area contributed by atoms with Crippen LogP contribution < -0.4 is 9.47 Å². The number of hydrogen-bond donors (Lipinski definition) is 0. The van der Waals surface area contributed by atoms with Crippen LogP contribution in [0.25, 0.3) is 0 Å². The first-order valence-electron chi connectivity index (χ1n) is 6.84. The molecule has 2 aromatic rings. The van der Waals surface area contributed by atoms with Crippen LogP contribution in [0, 0.1) is 11.8 Å². The van der Waals surface area contributed by atoms with Crippen LogP contribution in [0.3, 0.4) is 0 Å². The predicted octanol–water partition coefficient (Wildman–Crippen LogP) is 5.91. The maximum Gasteiger partial charge on any atom is 0.344 e. The van der Waals surface area contributed by atoms with E-state index in [0.29, 0.717) is 11.1 Å². The quantitative estimate of drug-likeness (QED) is 0.378. The van der Waals surface area contributed by atoms with Gasteiger partial charge >= 0.3 is 24.2 Å². The zero-order valence-corrected chi connectivity index (χ0v) is 12.7. The van der Waals surface area contributed by atoms with Crippen LogP contribution in [0.4, 0.5) is 26.3 Å². The SMILES string of the molecule is FC(F)=C(F)Oc1ccc(C#Cc2ccc(OC(F)=C(F)F)cc2)cc1. The summed E-state index contributed by atoms with van der Waals surface area (Å²) in [6.45, 7) is 0. The minimum absolute atomic E-state index is 0.127. The second-order valence-corrected chi connectivity index (χ2v) is 4.57. The van der Waals surface area contributed by atoms with Gasteiger partial charge in [-0.15, -0.1) is 0 Å². The normalized spacial score (nSPS) is 9.62. The van der Waals surface area contributed by atoms with E-state index in [1.54, 1.807) is 0 Å². The minimum Gasteiger partial charge on any atom is -0.428 e. The van der Waals surface area contributed by atoms with Gasteiger partial charge in [-0.25, -0.2) is 0 Å². The van der Waals surface area contributed by atoms with E-state index in [0.717, 1.165) is 0 Å². The van der Waals surface area contributed by atoms with Crippen LogP contribution in [0.5, 0.6) is 11.5 Å². The molecule has 0 aromatic heterocycles. The molecule has 0 bridgehead atoms. The zero-order valence-electron chi connectivity index (χ0n) is 12.7. The summed E-state index contributed by atoms with van der Waals surface area (Å²) in [6, 6.07) is 6.75. The van der Waals surface area contributed by atoms with Gasteiger partial charge in [0.2, 0.25) is 0 Å². The van der Waals surface area contributed by atoms with Crippen molar-refractivity contribution in [3.05, 3.63) is 83.8 Å². The topological polar surface area (TPSA) is 18.5 Å². The lowest BCUT2D eigenvalue weighted by Gasteiger charge is -2.02. The van der Waals surface area contributed by atoms with E-state index < -0.39 is 24.2 Å². The summed E-state index contributed by atoms with van der Waals surface area (Å²) in [5.74, 6) is 5.22. The highest BCUT2D eigenvalue weighted by Gasteiger charge is 2.08. The third kappa shape index (κ3) is 5.63. The van der Waals surface area contributed by atoms with E-state index in [1.807, 2.05) is 0 Å². The van der Waals surface area contributed by atoms with Gasteiger partial charge in [0.1, 0.15) is 11.5 Å². The molecule has 134 valence electrons. The Bertz CT molecular complexity index is 809. The summed E-state index contributed by atoms with van der Waals surface area (Å²) in [5, 5.41) is 0. The third-order valence-corrected chi connectivity index (χ3v) is 2.77. The Hall–Kier alpha value is -3.34. The number of ether oxygens (including phenoxy) is 2. The zero-order chi connectivity index (χ0) is 19.1. The molecule has 0 aliphatic carbocycles. The lowest BCUT2D eigenvalue weighted by atomic mass is 10.2. The van der Waals surface area contributed by atoms with Crippen LogP contribution in [0.2, 0.25) is 0 Å². The molecule has 0 radical (unpaired) electrons. The fraction of sp³-hybridized carbons (Fsp3) is 0. The fourth-order valence-corrected chi connectivity index (χ4v) is 1.64. The van der Waals surface area contributed by atoms with Crippen molar-refractivity contribution in [3.8, 4) is 23.3 Å². The molecule has 0 spiro atoms. The van der Waals surface area contributed by atoms with Crippen molar-refractivity contribution in [2.24, 2.45) is 0 Å². The lowest BCUT2D eigenvalue weighted by molar-refractivity contribution is 0.241. The van der Waals surface area contributed by atoms with Gasteiger partial charge in [0.05, 0.1) is 0 Å². The van der Waals surface area contributed by atoms with Crippen molar-refractivity contribution >= 4 is 0 Å². The lowest BCUT2D eigenvalue weighted by Crippen LogP contribution is -1.90. The molecule has 0 saturated carbocycles. The van der Waals surface area contributed by atoms with E-state index >= 15 is 0 Å². The molecule has 0 unspecified atom stereocenters. The molecule has 0 saturated heterocycles. The molecule has 0 heterocycles. The Morgan fingerprint density at radius 1 is 0.538 bits per heavy atom. The Labute approximate surface area is 144 Å². The van der Waals surface area contributed by atoms with Gasteiger partial charge in [-0.05, 0) is 48.5 Å². The summed E-state index contributed by atoms with van der Waals surface area (Å²) in [6.07, 6.45) is -5.13. The Balaban J connectivity index is 2.05. The first-order chi connectivity index (χ1) is 12.3. The predicted molar refractivity (Wildman–Crippen MR) is 80.8 cm³/mol. The maximum atomic E-state index is 12.6. The van der Waals surface area contributed by atoms with Gasteiger partial charge in [-0.2, -0.15) is 26.3 Å². The van der Waals surface area contributed by atoms with Gasteiger partial charge < -0.3 is 9.47 Å². The molecule has 0 aliphatic heterocycles. The van der Waals surface area contributed by atoms with Crippen LogP contribution in [0.1, 0.15) is 11.1 Å². The maximum absolute atomic E-state index is 12.6. The molecule has 0 N–H and O–H groups in total. The van der Waals surface area contributed by atoms with E-state index in [2.05, 4.69) is 21.3 Å². The van der Waals surface area contributed by atoms with Crippen LogP contribution in [-0.4, -0.2) is 0 Å². The highest BCUT2D eigenvalue weighted by Crippen LogP contribution is 2.20. The fourth-order valence-electron chi connectivity index (χ4n) is 1.64. The molecule has 8 heteroatoms. The summed E-state index contributed by atoms with van der Waals surface area (Å²) in [4.78, 5) is 0. The highest BCUT2D eigenvalue weighted by atomic mass is 19.3. The third-order valence-electron chi connectivity index (χ3n) is 2.77. The van der Waals surface area contributed by atoms with Crippen molar-refractivity contribution in [2.45, 2.75) is 0 Å². The van der Waals surface area contributed by atoms with Gasteiger partial charge in [0.25, 0.3) is 0 Å². The molecule has 2 rings (SSSR count). The number of hydrogen-bond acceptors (Lipinski definition) is 2. The second-order valence-electron chi connectivity index (χ2n) is 4.57. The molecule has 2 nitrogen and oxygen atoms in total. The minimum atomic E-state index is -2.56. The molecular weight excluding hydrogens is 362 g/mol. The highest BCUT2D eigenvalue weighted by molar-refractivity contribution is 5.45. The van der Waals surface area contributed by atoms with E-state index in [1.165, 1.54) is 48.5 Å². The summed E-state index contributed by atoms with van der Waals surface area (Å²) >= 11 is 0. The van der Waals surface area contributed by atoms with Crippen molar-refractivity contribution in [1.29, 1.82) is 0 Å². The smallest absolute Gasteiger partial charge is 0.344 e. The second kappa shape index (κ2) is 8.67. The Morgan fingerprint density at radius 2 is 0.846 bits per heavy atom. The standard InChI is InChI=1S/C18H8F6O2/c19-15(20)17(23)25-13-7-3-11(4-8-13)1-2-12-5-9-14(10-6-12)26-18(24)16(21)22/h3-10H. The number of halogens is 6. The van der Waals surface area contributed by atoms with Gasteiger partial charge in [-0.3, -0.25) is 0 Å².